The zero-order chi connectivity index (χ0) is 15.8. The molecule has 0 aliphatic carbocycles. The largest absolute Gasteiger partial charge is 0.508 e. The third-order valence-corrected chi connectivity index (χ3v) is 4.40. The summed E-state index contributed by atoms with van der Waals surface area (Å²) in [7, 11) is 0. The molecule has 1 aromatic carbocycles. The van der Waals surface area contributed by atoms with Crippen LogP contribution in [0.2, 0.25) is 0 Å². The van der Waals surface area contributed by atoms with E-state index in [1.165, 1.54) is 6.42 Å². The van der Waals surface area contributed by atoms with Crippen LogP contribution in [0.5, 0.6) is 5.75 Å². The molecule has 1 unspecified atom stereocenters. The van der Waals surface area contributed by atoms with Crippen LogP contribution in [0.4, 0.5) is 0 Å². The van der Waals surface area contributed by atoms with E-state index in [9.17, 15) is 5.11 Å². The number of aromatic hydroxyl groups is 1. The maximum atomic E-state index is 10.2. The van der Waals surface area contributed by atoms with Gasteiger partial charge in [-0.1, -0.05) is 32.9 Å². The third-order valence-electron chi connectivity index (χ3n) is 4.40. The molecule has 0 saturated heterocycles. The lowest BCUT2D eigenvalue weighted by atomic mass is 10.0. The van der Waals surface area contributed by atoms with E-state index in [-0.39, 0.29) is 6.04 Å². The Kier molecular flexibility index (Phi) is 7.76. The molecule has 3 nitrogen and oxygen atoms in total. The number of rotatable bonds is 9. The zero-order valence-electron chi connectivity index (χ0n) is 14.4. The van der Waals surface area contributed by atoms with Crippen molar-refractivity contribution in [3.63, 3.8) is 0 Å². The highest BCUT2D eigenvalue weighted by molar-refractivity contribution is 5.37. The number of nitrogens with zero attached hydrogens (tertiary/aromatic N) is 2. The smallest absolute Gasteiger partial charge is 0.120 e. The quantitative estimate of drug-likeness (QED) is 0.749. The molecule has 0 radical (unpaired) electrons. The molecule has 1 N–H and O–H groups in total. The maximum absolute atomic E-state index is 10.2. The number of benzene rings is 1. The second kappa shape index (κ2) is 9.06. The molecule has 0 fully saturated rings. The van der Waals surface area contributed by atoms with Crippen molar-refractivity contribution < 1.29 is 5.11 Å². The van der Waals surface area contributed by atoms with Crippen LogP contribution in [-0.4, -0.2) is 47.6 Å². The molecule has 1 rings (SSSR count). The molecule has 0 heterocycles. The van der Waals surface area contributed by atoms with Gasteiger partial charge in [0.25, 0.3) is 0 Å². The van der Waals surface area contributed by atoms with Crippen LogP contribution in [0.3, 0.4) is 0 Å². The fourth-order valence-electron chi connectivity index (χ4n) is 2.87. The Morgan fingerprint density at radius 1 is 1.05 bits per heavy atom. The Morgan fingerprint density at radius 2 is 1.71 bits per heavy atom. The minimum absolute atomic E-state index is 0.257. The van der Waals surface area contributed by atoms with E-state index in [0.717, 1.165) is 43.9 Å². The van der Waals surface area contributed by atoms with Crippen LogP contribution < -0.4 is 0 Å². The Hall–Kier alpha value is -1.06. The molecule has 0 amide bonds. The molecule has 3 heteroatoms. The molecular weight excluding hydrogens is 260 g/mol. The lowest BCUT2D eigenvalue weighted by molar-refractivity contribution is 0.198. The lowest BCUT2D eigenvalue weighted by Crippen LogP contribution is -2.31. The number of hydrogen-bond acceptors (Lipinski definition) is 3. The van der Waals surface area contributed by atoms with Gasteiger partial charge in [0.05, 0.1) is 0 Å². The lowest BCUT2D eigenvalue weighted by Gasteiger charge is -2.29. The van der Waals surface area contributed by atoms with E-state index in [1.54, 1.807) is 0 Å². The molecule has 0 aromatic heterocycles. The first kappa shape index (κ1) is 18.0. The number of hydrogen-bond donors (Lipinski definition) is 1. The minimum atomic E-state index is 0.257. The summed E-state index contributed by atoms with van der Waals surface area (Å²) in [5.41, 5.74) is 2.14. The van der Waals surface area contributed by atoms with Crippen LogP contribution in [0.15, 0.2) is 18.2 Å². The molecule has 1 atom stereocenters. The van der Waals surface area contributed by atoms with E-state index in [0.29, 0.717) is 5.75 Å². The molecule has 0 saturated carbocycles. The van der Waals surface area contributed by atoms with Crippen LogP contribution in [0, 0.1) is 6.92 Å². The average Bonchev–Trinajstić information content (AvgIpc) is 2.47. The predicted molar refractivity (Wildman–Crippen MR) is 90.9 cm³/mol. The van der Waals surface area contributed by atoms with Crippen molar-refractivity contribution in [3.05, 3.63) is 29.3 Å². The Balaban J connectivity index is 2.62. The van der Waals surface area contributed by atoms with Gasteiger partial charge in [0, 0.05) is 11.6 Å². The molecule has 0 aliphatic rings. The highest BCUT2D eigenvalue weighted by Gasteiger charge is 2.17. The maximum Gasteiger partial charge on any atom is 0.120 e. The molecule has 1 aromatic rings. The summed E-state index contributed by atoms with van der Waals surface area (Å²) in [5.74, 6) is 0.421. The third kappa shape index (κ3) is 5.33. The van der Waals surface area contributed by atoms with E-state index >= 15 is 0 Å². The monoisotopic (exact) mass is 292 g/mol. The van der Waals surface area contributed by atoms with Crippen molar-refractivity contribution in [3.8, 4) is 5.75 Å². The summed E-state index contributed by atoms with van der Waals surface area (Å²) in [4.78, 5) is 4.90. The number of phenolic OH excluding ortho intramolecular Hbond substituents is 1. The number of aryl methyl sites for hydroxylation is 1. The van der Waals surface area contributed by atoms with Crippen molar-refractivity contribution in [2.24, 2.45) is 0 Å². The summed E-state index contributed by atoms with van der Waals surface area (Å²) in [6, 6.07) is 6.25. The van der Waals surface area contributed by atoms with E-state index in [2.05, 4.69) is 49.6 Å². The van der Waals surface area contributed by atoms with Crippen LogP contribution in [-0.2, 0) is 0 Å². The molecule has 120 valence electrons. The first-order chi connectivity index (χ1) is 10.0. The summed E-state index contributed by atoms with van der Waals surface area (Å²) >= 11 is 0. The molecule has 0 bridgehead atoms. The fraction of sp³-hybridized carbons (Fsp3) is 0.667. The standard InChI is InChI=1S/C18H32N2O/c1-6-19(7-2)12-9-13-20(8-3)16(5)17-11-10-15(4)14-18(17)21/h10-11,14,16,21H,6-9,12-13H2,1-5H3. The van der Waals surface area contributed by atoms with E-state index < -0.39 is 0 Å². The van der Waals surface area contributed by atoms with Gasteiger partial charge in [0.2, 0.25) is 0 Å². The van der Waals surface area contributed by atoms with E-state index in [1.807, 2.05) is 13.0 Å². The highest BCUT2D eigenvalue weighted by Crippen LogP contribution is 2.29. The normalized spacial score (nSPS) is 13.1. The summed E-state index contributed by atoms with van der Waals surface area (Å²) in [6.45, 7) is 16.3. The van der Waals surface area contributed by atoms with Gasteiger partial charge in [-0.3, -0.25) is 4.90 Å². The highest BCUT2D eigenvalue weighted by atomic mass is 16.3. The van der Waals surface area contributed by atoms with Gasteiger partial charge < -0.3 is 10.0 Å². The molecule has 0 aliphatic heterocycles. The SMILES string of the molecule is CCN(CC)CCCN(CC)C(C)c1ccc(C)cc1O. The van der Waals surface area contributed by atoms with Crippen molar-refractivity contribution >= 4 is 0 Å². The van der Waals surface area contributed by atoms with Crippen molar-refractivity contribution in [1.29, 1.82) is 0 Å². The predicted octanol–water partition coefficient (Wildman–Crippen LogP) is 3.82. The topological polar surface area (TPSA) is 26.7 Å². The zero-order valence-corrected chi connectivity index (χ0v) is 14.4. The molecule has 0 spiro atoms. The van der Waals surface area contributed by atoms with Gasteiger partial charge in [-0.2, -0.15) is 0 Å². The van der Waals surface area contributed by atoms with Gasteiger partial charge in [0.15, 0.2) is 0 Å². The van der Waals surface area contributed by atoms with E-state index in [4.69, 9.17) is 0 Å². The Bertz CT molecular complexity index is 416. The summed E-state index contributed by atoms with van der Waals surface area (Å²) < 4.78 is 0. The van der Waals surface area contributed by atoms with Gasteiger partial charge in [-0.15, -0.1) is 0 Å². The van der Waals surface area contributed by atoms with Crippen LogP contribution >= 0.6 is 0 Å². The Morgan fingerprint density at radius 3 is 2.24 bits per heavy atom. The molecule has 21 heavy (non-hydrogen) atoms. The second-order valence-electron chi connectivity index (χ2n) is 5.75. The first-order valence-electron chi connectivity index (χ1n) is 8.29. The van der Waals surface area contributed by atoms with Gasteiger partial charge in [-0.05, 0) is 64.6 Å². The van der Waals surface area contributed by atoms with Crippen molar-refractivity contribution in [1.82, 2.24) is 9.80 Å². The van der Waals surface area contributed by atoms with Gasteiger partial charge in [-0.25, -0.2) is 0 Å². The van der Waals surface area contributed by atoms with Crippen LogP contribution in [0.25, 0.3) is 0 Å². The fourth-order valence-corrected chi connectivity index (χ4v) is 2.87. The average molecular weight is 292 g/mol. The summed E-state index contributed by atoms with van der Waals surface area (Å²) in [6.07, 6.45) is 1.17. The van der Waals surface area contributed by atoms with Gasteiger partial charge >= 0.3 is 0 Å². The second-order valence-corrected chi connectivity index (χ2v) is 5.75. The summed E-state index contributed by atoms with van der Waals surface area (Å²) in [5, 5.41) is 10.2. The number of phenols is 1. The first-order valence-corrected chi connectivity index (χ1v) is 8.29. The minimum Gasteiger partial charge on any atom is -0.508 e. The van der Waals surface area contributed by atoms with Crippen LogP contribution in [0.1, 0.15) is 51.3 Å². The molecular formula is C18H32N2O. The van der Waals surface area contributed by atoms with Gasteiger partial charge in [0.1, 0.15) is 5.75 Å². The van der Waals surface area contributed by atoms with Crippen molar-refractivity contribution in [2.75, 3.05) is 32.7 Å². The van der Waals surface area contributed by atoms with Crippen molar-refractivity contribution in [2.45, 2.75) is 47.1 Å². The Labute approximate surface area is 130 Å².